The Morgan fingerprint density at radius 1 is 1.03 bits per heavy atom. The van der Waals surface area contributed by atoms with Gasteiger partial charge in [-0.05, 0) is 61.9 Å². The highest BCUT2D eigenvalue weighted by Crippen LogP contribution is 2.35. The fraction of sp³-hybridized carbons (Fsp3) is 0.385. The molecule has 1 aliphatic carbocycles. The molecule has 0 bridgehead atoms. The molecule has 1 atom stereocenters. The first kappa shape index (κ1) is 21.6. The van der Waals surface area contributed by atoms with Gasteiger partial charge in [0.05, 0.1) is 0 Å². The van der Waals surface area contributed by atoms with Gasteiger partial charge in [0, 0.05) is 17.8 Å². The van der Waals surface area contributed by atoms with Crippen LogP contribution in [0.3, 0.4) is 0 Å². The monoisotopic (exact) mass is 399 g/mol. The lowest BCUT2D eigenvalue weighted by Crippen LogP contribution is -2.44. The van der Waals surface area contributed by atoms with Crippen molar-refractivity contribution in [2.24, 2.45) is 0 Å². The van der Waals surface area contributed by atoms with Crippen LogP contribution in [-0.4, -0.2) is 11.7 Å². The molecule has 0 saturated heterocycles. The summed E-state index contributed by atoms with van der Waals surface area (Å²) >= 11 is 0. The molecule has 1 fully saturated rings. The van der Waals surface area contributed by atoms with E-state index in [0.717, 1.165) is 16.8 Å². The Morgan fingerprint density at radius 3 is 2.17 bits per heavy atom. The molecule has 154 valence electrons. The molecule has 0 heterocycles. The molecule has 1 aliphatic rings. The quantitative estimate of drug-likeness (QED) is 0.488. The molecule has 1 unspecified atom stereocenters. The summed E-state index contributed by atoms with van der Waals surface area (Å²) in [5.41, 5.74) is 2.82. The largest absolute Gasteiger partial charge is 0.367 e. The molecule has 2 aromatic carbocycles. The van der Waals surface area contributed by atoms with Crippen LogP contribution in [0.4, 0.5) is 5.69 Å². The van der Waals surface area contributed by atoms with Crippen LogP contribution in [0.5, 0.6) is 0 Å². The highest BCUT2D eigenvalue weighted by Gasteiger charge is 2.30. The van der Waals surface area contributed by atoms with E-state index in [9.17, 15) is 5.11 Å². The van der Waals surface area contributed by atoms with Crippen molar-refractivity contribution in [1.29, 1.82) is 10.5 Å². The Kier molecular flexibility index (Phi) is 6.93. The smallest absolute Gasteiger partial charge is 0.161 e. The van der Waals surface area contributed by atoms with Crippen molar-refractivity contribution < 1.29 is 5.11 Å². The van der Waals surface area contributed by atoms with Crippen LogP contribution in [0.25, 0.3) is 6.08 Å². The Bertz CT molecular complexity index is 937. The zero-order valence-electron chi connectivity index (χ0n) is 17.8. The predicted octanol–water partition coefficient (Wildman–Crippen LogP) is 5.86. The van der Waals surface area contributed by atoms with E-state index in [1.807, 2.05) is 55.2 Å². The van der Waals surface area contributed by atoms with Gasteiger partial charge in [-0.25, -0.2) is 0 Å². The SMILES string of the molecule is CCN(c1ccc(C=C(C#N)C#N)cc1)C(C)(O)c1ccc(C2CCCCC2)cc1. The summed E-state index contributed by atoms with van der Waals surface area (Å²) in [5.74, 6) is 0.646. The lowest BCUT2D eigenvalue weighted by atomic mass is 9.83. The number of hydrogen-bond donors (Lipinski definition) is 1. The van der Waals surface area contributed by atoms with Crippen LogP contribution in [0.2, 0.25) is 0 Å². The lowest BCUT2D eigenvalue weighted by Gasteiger charge is -2.39. The van der Waals surface area contributed by atoms with Crippen molar-refractivity contribution in [2.75, 3.05) is 11.4 Å². The average Bonchev–Trinajstić information content (AvgIpc) is 2.79. The van der Waals surface area contributed by atoms with Crippen LogP contribution < -0.4 is 4.90 Å². The summed E-state index contributed by atoms with van der Waals surface area (Å²) in [6.45, 7) is 4.47. The molecule has 0 aliphatic heterocycles. The van der Waals surface area contributed by atoms with E-state index < -0.39 is 5.72 Å². The van der Waals surface area contributed by atoms with Gasteiger partial charge in [-0.15, -0.1) is 0 Å². The van der Waals surface area contributed by atoms with Crippen LogP contribution in [-0.2, 0) is 5.72 Å². The maximum absolute atomic E-state index is 11.4. The van der Waals surface area contributed by atoms with Gasteiger partial charge in [0.15, 0.2) is 5.72 Å². The van der Waals surface area contributed by atoms with E-state index in [4.69, 9.17) is 10.5 Å². The molecule has 0 amide bonds. The summed E-state index contributed by atoms with van der Waals surface area (Å²) in [6, 6.07) is 19.7. The van der Waals surface area contributed by atoms with Crippen LogP contribution >= 0.6 is 0 Å². The zero-order valence-corrected chi connectivity index (χ0v) is 17.8. The molecular formula is C26H29N3O. The fourth-order valence-corrected chi connectivity index (χ4v) is 4.41. The summed E-state index contributed by atoms with van der Waals surface area (Å²) in [7, 11) is 0. The third-order valence-electron chi connectivity index (χ3n) is 6.13. The van der Waals surface area contributed by atoms with Gasteiger partial charge in [-0.2, -0.15) is 10.5 Å². The third-order valence-corrected chi connectivity index (χ3v) is 6.13. The summed E-state index contributed by atoms with van der Waals surface area (Å²) < 4.78 is 0. The Balaban J connectivity index is 1.82. The van der Waals surface area contributed by atoms with Crippen LogP contribution in [0, 0.1) is 22.7 Å². The van der Waals surface area contributed by atoms with E-state index >= 15 is 0 Å². The number of hydrogen-bond acceptors (Lipinski definition) is 4. The average molecular weight is 400 g/mol. The molecule has 30 heavy (non-hydrogen) atoms. The second kappa shape index (κ2) is 9.61. The van der Waals surface area contributed by atoms with E-state index in [-0.39, 0.29) is 5.57 Å². The van der Waals surface area contributed by atoms with Crippen LogP contribution in [0.1, 0.15) is 68.6 Å². The molecule has 0 spiro atoms. The van der Waals surface area contributed by atoms with Crippen molar-refractivity contribution in [3.05, 3.63) is 70.8 Å². The van der Waals surface area contributed by atoms with Crippen molar-refractivity contribution >= 4 is 11.8 Å². The number of nitriles is 2. The van der Waals surface area contributed by atoms with Gasteiger partial charge >= 0.3 is 0 Å². The van der Waals surface area contributed by atoms with E-state index in [0.29, 0.717) is 12.5 Å². The summed E-state index contributed by atoms with van der Waals surface area (Å²) in [5, 5.41) is 29.3. The number of anilines is 1. The number of allylic oxidation sites excluding steroid dienone is 1. The highest BCUT2D eigenvalue weighted by molar-refractivity contribution is 5.64. The predicted molar refractivity (Wildman–Crippen MR) is 121 cm³/mol. The molecule has 1 saturated carbocycles. The van der Waals surface area contributed by atoms with Gasteiger partial charge in [-0.1, -0.05) is 55.7 Å². The van der Waals surface area contributed by atoms with Crippen molar-refractivity contribution in [3.8, 4) is 12.1 Å². The summed E-state index contributed by atoms with van der Waals surface area (Å²) in [6.07, 6.45) is 8.04. The summed E-state index contributed by atoms with van der Waals surface area (Å²) in [4.78, 5) is 1.95. The third kappa shape index (κ3) is 4.73. The molecule has 4 nitrogen and oxygen atoms in total. The first-order valence-corrected chi connectivity index (χ1v) is 10.7. The second-order valence-corrected chi connectivity index (χ2v) is 8.10. The van der Waals surface area contributed by atoms with Gasteiger partial charge in [-0.3, -0.25) is 0 Å². The number of aliphatic hydroxyl groups is 1. The second-order valence-electron chi connectivity index (χ2n) is 8.10. The molecule has 3 rings (SSSR count). The standard InChI is InChI=1S/C26H29N3O/c1-3-29(25-15-9-20(10-16-25)17-21(18-27)19-28)26(2,30)24-13-11-23(12-14-24)22-7-5-4-6-8-22/h9-17,22,30H,3-8H2,1-2H3. The maximum atomic E-state index is 11.4. The van der Waals surface area contributed by atoms with Crippen LogP contribution in [0.15, 0.2) is 54.1 Å². The van der Waals surface area contributed by atoms with Gasteiger partial charge < -0.3 is 10.0 Å². The fourth-order valence-electron chi connectivity index (χ4n) is 4.41. The first-order valence-electron chi connectivity index (χ1n) is 10.7. The number of nitrogens with zero attached hydrogens (tertiary/aromatic N) is 3. The molecule has 0 aromatic heterocycles. The number of benzene rings is 2. The topological polar surface area (TPSA) is 71.0 Å². The zero-order chi connectivity index (χ0) is 21.6. The molecule has 4 heteroatoms. The molecule has 0 radical (unpaired) electrons. The molecule has 1 N–H and O–H groups in total. The minimum atomic E-state index is -1.15. The van der Waals surface area contributed by atoms with Gasteiger partial charge in [0.25, 0.3) is 0 Å². The normalized spacial score (nSPS) is 16.0. The van der Waals surface area contributed by atoms with Gasteiger partial charge in [0.1, 0.15) is 17.7 Å². The van der Waals surface area contributed by atoms with Crippen molar-refractivity contribution in [1.82, 2.24) is 0 Å². The Morgan fingerprint density at radius 2 is 1.63 bits per heavy atom. The molecule has 2 aromatic rings. The number of rotatable bonds is 6. The molecular weight excluding hydrogens is 370 g/mol. The lowest BCUT2D eigenvalue weighted by molar-refractivity contribution is 0.0537. The first-order chi connectivity index (χ1) is 14.5. The minimum absolute atomic E-state index is 0.0696. The Labute approximate surface area is 179 Å². The minimum Gasteiger partial charge on any atom is -0.367 e. The van der Waals surface area contributed by atoms with E-state index in [1.54, 1.807) is 6.08 Å². The van der Waals surface area contributed by atoms with Gasteiger partial charge in [0.2, 0.25) is 0 Å². The van der Waals surface area contributed by atoms with E-state index in [2.05, 4.69) is 24.3 Å². The Hall–Kier alpha value is -3.08. The maximum Gasteiger partial charge on any atom is 0.161 e. The van der Waals surface area contributed by atoms with Crippen molar-refractivity contribution in [3.63, 3.8) is 0 Å². The highest BCUT2D eigenvalue weighted by atomic mass is 16.3. The van der Waals surface area contributed by atoms with Crippen molar-refractivity contribution in [2.45, 2.75) is 57.6 Å². The van der Waals surface area contributed by atoms with E-state index in [1.165, 1.54) is 37.7 Å².